The maximum atomic E-state index is 13.6. The Morgan fingerprint density at radius 3 is 2.64 bits per heavy atom. The molecule has 4 nitrogen and oxygen atoms in total. The fraction of sp³-hybridized carbons (Fsp3) is 0.429. The van der Waals surface area contributed by atoms with Crippen molar-refractivity contribution < 1.29 is 8.78 Å². The van der Waals surface area contributed by atoms with Gasteiger partial charge in [-0.05, 0) is 12.0 Å². The first-order valence-electron chi connectivity index (χ1n) is 6.70. The summed E-state index contributed by atoms with van der Waals surface area (Å²) >= 11 is 1.33. The number of rotatable bonds is 6. The topological polar surface area (TPSA) is 56.7 Å². The first-order valence-corrected chi connectivity index (χ1v) is 7.69. The van der Waals surface area contributed by atoms with Crippen LogP contribution in [0.15, 0.2) is 23.4 Å². The van der Waals surface area contributed by atoms with Crippen LogP contribution < -0.4 is 5.73 Å². The summed E-state index contributed by atoms with van der Waals surface area (Å²) in [7, 11) is 0. The molecule has 0 saturated carbocycles. The average Bonchev–Trinajstić information content (AvgIpc) is 2.82. The van der Waals surface area contributed by atoms with Gasteiger partial charge in [-0.15, -0.1) is 22.6 Å². The van der Waals surface area contributed by atoms with Crippen LogP contribution in [0.1, 0.15) is 25.2 Å². The molecule has 0 unspecified atom stereocenters. The Kier molecular flexibility index (Phi) is 7.25. The highest BCUT2D eigenvalue weighted by atomic mass is 35.5. The fourth-order valence-electron chi connectivity index (χ4n) is 1.93. The third-order valence-corrected chi connectivity index (χ3v) is 3.93. The quantitative estimate of drug-likeness (QED) is 0.813. The van der Waals surface area contributed by atoms with Gasteiger partial charge in [0, 0.05) is 17.9 Å². The van der Waals surface area contributed by atoms with Crippen LogP contribution in [0.2, 0.25) is 0 Å². The number of hydrogen-bond acceptors (Lipinski definition) is 4. The largest absolute Gasteiger partial charge is 0.324 e. The first kappa shape index (κ1) is 18.9. The van der Waals surface area contributed by atoms with Crippen LogP contribution in [-0.2, 0) is 18.8 Å². The summed E-state index contributed by atoms with van der Waals surface area (Å²) < 4.78 is 28.8. The van der Waals surface area contributed by atoms with Gasteiger partial charge < -0.3 is 10.3 Å². The van der Waals surface area contributed by atoms with Gasteiger partial charge in [-0.25, -0.2) is 8.78 Å². The lowest BCUT2D eigenvalue weighted by Crippen LogP contribution is -2.12. The normalized spacial score (nSPS) is 10.8. The van der Waals surface area contributed by atoms with Crippen LogP contribution in [0.4, 0.5) is 8.78 Å². The van der Waals surface area contributed by atoms with Gasteiger partial charge in [0.15, 0.2) is 16.8 Å². The molecular weight excluding hydrogens is 330 g/mol. The van der Waals surface area contributed by atoms with Gasteiger partial charge in [-0.3, -0.25) is 0 Å². The molecule has 0 aliphatic heterocycles. The number of thioether (sulfide) groups is 1. The summed E-state index contributed by atoms with van der Waals surface area (Å²) in [5, 5.41) is 8.80. The Balaban J connectivity index is 0.00000242. The first-order chi connectivity index (χ1) is 10.0. The molecule has 0 spiro atoms. The smallest absolute Gasteiger partial charge is 0.191 e. The zero-order valence-corrected chi connectivity index (χ0v) is 14.1. The summed E-state index contributed by atoms with van der Waals surface area (Å²) in [5.41, 5.74) is 5.96. The molecule has 0 saturated heterocycles. The summed E-state index contributed by atoms with van der Waals surface area (Å²) in [6.45, 7) is 5.21. The third-order valence-electron chi connectivity index (χ3n) is 2.91. The van der Waals surface area contributed by atoms with Crippen molar-refractivity contribution in [2.75, 3.05) is 0 Å². The molecule has 1 heterocycles. The Morgan fingerprint density at radius 1 is 1.27 bits per heavy atom. The van der Waals surface area contributed by atoms with Crippen molar-refractivity contribution in [1.82, 2.24) is 14.8 Å². The van der Waals surface area contributed by atoms with Crippen molar-refractivity contribution in [2.45, 2.75) is 37.8 Å². The number of nitrogens with zero attached hydrogens (tertiary/aromatic N) is 3. The highest BCUT2D eigenvalue weighted by Gasteiger charge is 2.14. The molecule has 0 atom stereocenters. The molecule has 0 aliphatic rings. The van der Waals surface area contributed by atoms with Crippen molar-refractivity contribution in [3.8, 4) is 0 Å². The molecule has 0 aliphatic carbocycles. The summed E-state index contributed by atoms with van der Waals surface area (Å²) in [6, 6.07) is 4.17. The van der Waals surface area contributed by atoms with Crippen molar-refractivity contribution in [2.24, 2.45) is 11.7 Å². The lowest BCUT2D eigenvalue weighted by molar-refractivity contribution is 0.480. The molecule has 1 aromatic heterocycles. The monoisotopic (exact) mass is 348 g/mol. The van der Waals surface area contributed by atoms with E-state index in [9.17, 15) is 8.78 Å². The summed E-state index contributed by atoms with van der Waals surface area (Å²) in [6.07, 6.45) is 0. The Morgan fingerprint density at radius 2 is 2.00 bits per heavy atom. The molecule has 0 radical (unpaired) electrons. The van der Waals surface area contributed by atoms with Crippen LogP contribution in [0.3, 0.4) is 0 Å². The van der Waals surface area contributed by atoms with Gasteiger partial charge in [-0.1, -0.05) is 37.7 Å². The molecule has 8 heteroatoms. The summed E-state index contributed by atoms with van der Waals surface area (Å²) in [5.74, 6) is -0.231. The average molecular weight is 349 g/mol. The van der Waals surface area contributed by atoms with Crippen LogP contribution in [0, 0.1) is 17.6 Å². The van der Waals surface area contributed by atoms with E-state index in [4.69, 9.17) is 5.73 Å². The lowest BCUT2D eigenvalue weighted by Gasteiger charge is -2.11. The van der Waals surface area contributed by atoms with Gasteiger partial charge in [0.05, 0.1) is 6.54 Å². The fourth-order valence-corrected chi connectivity index (χ4v) is 2.87. The molecule has 0 bridgehead atoms. The predicted octanol–water partition coefficient (Wildman–Crippen LogP) is 3.39. The second kappa shape index (κ2) is 8.45. The molecule has 1 aromatic carbocycles. The minimum atomic E-state index is -0.834. The van der Waals surface area contributed by atoms with E-state index in [1.165, 1.54) is 17.8 Å². The number of halogens is 3. The molecule has 0 amide bonds. The summed E-state index contributed by atoms with van der Waals surface area (Å²) in [4.78, 5) is 0. The van der Waals surface area contributed by atoms with Crippen LogP contribution >= 0.6 is 24.2 Å². The number of nitrogens with two attached hydrogens (primary N) is 1. The van der Waals surface area contributed by atoms with Crippen molar-refractivity contribution in [3.63, 3.8) is 0 Å². The number of aromatic nitrogens is 3. The zero-order chi connectivity index (χ0) is 15.4. The van der Waals surface area contributed by atoms with Crippen molar-refractivity contribution in [1.29, 1.82) is 0 Å². The van der Waals surface area contributed by atoms with E-state index in [1.807, 2.05) is 4.57 Å². The Labute approximate surface area is 138 Å². The molecule has 2 N–H and O–H groups in total. The molecule has 22 heavy (non-hydrogen) atoms. The Hall–Kier alpha value is -1.18. The van der Waals surface area contributed by atoms with Crippen LogP contribution in [-0.4, -0.2) is 14.8 Å². The third kappa shape index (κ3) is 4.41. The van der Waals surface area contributed by atoms with Gasteiger partial charge in [-0.2, -0.15) is 0 Å². The van der Waals surface area contributed by atoms with Crippen LogP contribution in [0.25, 0.3) is 0 Å². The lowest BCUT2D eigenvalue weighted by atomic mass is 10.2. The predicted molar refractivity (Wildman–Crippen MR) is 85.9 cm³/mol. The van der Waals surface area contributed by atoms with E-state index in [0.29, 0.717) is 34.8 Å². The van der Waals surface area contributed by atoms with Crippen LogP contribution in [0.5, 0.6) is 0 Å². The van der Waals surface area contributed by atoms with E-state index in [0.717, 1.165) is 12.6 Å². The molecular formula is C14H19ClF2N4S. The second-order valence-corrected chi connectivity index (χ2v) is 6.05. The second-order valence-electron chi connectivity index (χ2n) is 5.11. The molecule has 2 rings (SSSR count). The highest BCUT2D eigenvalue weighted by molar-refractivity contribution is 7.98. The standard InChI is InChI=1S/C14H18F2N4S.ClH/c1-9(2)7-20-12(6-17)18-19-14(20)21-8-10-4-3-5-11(15)13(10)16;/h3-5,9H,6-8,17H2,1-2H3;1H. The number of benzene rings is 1. The zero-order valence-electron chi connectivity index (χ0n) is 12.4. The molecule has 0 fully saturated rings. The van der Waals surface area contributed by atoms with E-state index in [1.54, 1.807) is 6.07 Å². The van der Waals surface area contributed by atoms with E-state index < -0.39 is 11.6 Å². The van der Waals surface area contributed by atoms with Gasteiger partial charge in [0.1, 0.15) is 5.82 Å². The molecule has 122 valence electrons. The maximum absolute atomic E-state index is 13.6. The maximum Gasteiger partial charge on any atom is 0.191 e. The Bertz CT molecular complexity index is 619. The van der Waals surface area contributed by atoms with Gasteiger partial charge in [0.25, 0.3) is 0 Å². The van der Waals surface area contributed by atoms with E-state index in [2.05, 4.69) is 24.0 Å². The molecule has 2 aromatic rings. The van der Waals surface area contributed by atoms with Crippen molar-refractivity contribution >= 4 is 24.2 Å². The minimum Gasteiger partial charge on any atom is -0.324 e. The van der Waals surface area contributed by atoms with E-state index >= 15 is 0 Å². The van der Waals surface area contributed by atoms with Gasteiger partial charge >= 0.3 is 0 Å². The highest BCUT2D eigenvalue weighted by Crippen LogP contribution is 2.24. The SMILES string of the molecule is CC(C)Cn1c(CN)nnc1SCc1cccc(F)c1F.Cl. The van der Waals surface area contributed by atoms with E-state index in [-0.39, 0.29) is 12.4 Å². The minimum absolute atomic E-state index is 0. The van der Waals surface area contributed by atoms with Crippen molar-refractivity contribution in [3.05, 3.63) is 41.2 Å². The number of hydrogen-bond donors (Lipinski definition) is 1. The van der Waals surface area contributed by atoms with Gasteiger partial charge in [0.2, 0.25) is 0 Å².